The zero-order chi connectivity index (χ0) is 29.5. The molecule has 42 heavy (non-hydrogen) atoms. The second-order valence-corrected chi connectivity index (χ2v) is 14.4. The van der Waals surface area contributed by atoms with Crippen LogP contribution in [0.5, 0.6) is 0 Å². The number of hydrogen-bond acceptors (Lipinski definition) is 5. The van der Waals surface area contributed by atoms with E-state index in [2.05, 4.69) is 4.90 Å². The Hall–Kier alpha value is -2.56. The molecule has 3 aliphatic heterocycles. The van der Waals surface area contributed by atoms with Gasteiger partial charge in [0.1, 0.15) is 17.2 Å². The van der Waals surface area contributed by atoms with Gasteiger partial charge in [0.15, 0.2) is 0 Å². The van der Waals surface area contributed by atoms with Gasteiger partial charge in [-0.05, 0) is 113 Å². The summed E-state index contributed by atoms with van der Waals surface area (Å²) in [6.07, 6.45) is 7.97. The number of ether oxygens (including phenoxy) is 1. The molecule has 2 aromatic rings. The van der Waals surface area contributed by atoms with Crippen molar-refractivity contribution in [3.05, 3.63) is 65.2 Å². The lowest BCUT2D eigenvalue weighted by atomic mass is 9.90. The number of sulfonamides is 1. The number of nitrogens with zero attached hydrogens (tertiary/aromatic N) is 3. The largest absolute Gasteiger partial charge is 0.441 e. The zero-order valence-corrected chi connectivity index (χ0v) is 25.1. The second-order valence-electron chi connectivity index (χ2n) is 12.5. The molecule has 2 atom stereocenters. The predicted octanol–water partition coefficient (Wildman–Crippen LogP) is 6.18. The molecule has 1 amide bonds. The van der Waals surface area contributed by atoms with Crippen molar-refractivity contribution in [1.29, 1.82) is 0 Å². The lowest BCUT2D eigenvalue weighted by Gasteiger charge is -2.45. The van der Waals surface area contributed by atoms with Crippen LogP contribution in [0.1, 0.15) is 81.4 Å². The molecule has 4 aliphatic rings. The summed E-state index contributed by atoms with van der Waals surface area (Å²) >= 11 is 0. The van der Waals surface area contributed by atoms with E-state index in [1.165, 1.54) is 47.8 Å². The molecular formula is C32H41F2N3O4S. The third kappa shape index (κ3) is 5.82. The number of hydrogen-bond donors (Lipinski definition) is 0. The molecule has 10 heteroatoms. The van der Waals surface area contributed by atoms with Gasteiger partial charge in [0, 0.05) is 19.1 Å². The smallest absolute Gasteiger partial charge is 0.410 e. The van der Waals surface area contributed by atoms with Gasteiger partial charge in [-0.1, -0.05) is 24.6 Å². The Balaban J connectivity index is 1.25. The number of piperidine rings is 3. The summed E-state index contributed by atoms with van der Waals surface area (Å²) in [7, 11) is -4.22. The van der Waals surface area contributed by atoms with Gasteiger partial charge in [-0.15, -0.1) is 0 Å². The summed E-state index contributed by atoms with van der Waals surface area (Å²) < 4.78 is 65.2. The Kier molecular flexibility index (Phi) is 8.32. The summed E-state index contributed by atoms with van der Waals surface area (Å²) in [5.41, 5.74) is -0.0661. The molecule has 0 aromatic heterocycles. The maximum atomic E-state index is 14.6. The third-order valence-corrected chi connectivity index (χ3v) is 11.7. The molecule has 0 unspecified atom stereocenters. The van der Waals surface area contributed by atoms with Gasteiger partial charge in [0.2, 0.25) is 10.0 Å². The summed E-state index contributed by atoms with van der Waals surface area (Å²) in [4.78, 5) is 17.7. The van der Waals surface area contributed by atoms with E-state index >= 15 is 0 Å². The standard InChI is InChI=1S/C32H41F2N3O4S/c1-23-11-12-27(22-28(23)34)42(39,40)37-29(24-7-5-8-25(33)21-24)9-6-10-30(37)32(15-16-32)41-31(38)36-19-13-26(14-20-36)35-17-3-2-4-18-35/h5,7-8,11-12,21-22,26,29-30H,2-4,6,9-10,13-20H2,1H3/t29-,30+/m0/s1. The average molecular weight is 602 g/mol. The van der Waals surface area contributed by atoms with Crippen LogP contribution in [-0.4, -0.2) is 72.5 Å². The average Bonchev–Trinajstić information content (AvgIpc) is 3.79. The monoisotopic (exact) mass is 601 g/mol. The van der Waals surface area contributed by atoms with Crippen molar-refractivity contribution in [1.82, 2.24) is 14.1 Å². The Morgan fingerprint density at radius 2 is 1.64 bits per heavy atom. The highest BCUT2D eigenvalue weighted by Gasteiger charge is 2.60. The van der Waals surface area contributed by atoms with Crippen molar-refractivity contribution in [2.24, 2.45) is 0 Å². The summed E-state index contributed by atoms with van der Waals surface area (Å²) in [5.74, 6) is -1.05. The predicted molar refractivity (Wildman–Crippen MR) is 155 cm³/mol. The van der Waals surface area contributed by atoms with Crippen LogP contribution in [0.2, 0.25) is 0 Å². The van der Waals surface area contributed by atoms with Crippen LogP contribution >= 0.6 is 0 Å². The quantitative estimate of drug-likeness (QED) is 0.396. The Morgan fingerprint density at radius 1 is 0.905 bits per heavy atom. The maximum absolute atomic E-state index is 14.6. The van der Waals surface area contributed by atoms with Crippen LogP contribution in [0, 0.1) is 18.6 Å². The Labute approximate surface area is 247 Å². The molecule has 4 fully saturated rings. The van der Waals surface area contributed by atoms with Crippen molar-refractivity contribution in [3.8, 4) is 0 Å². The number of carbonyl (C=O) groups excluding carboxylic acids is 1. The van der Waals surface area contributed by atoms with E-state index in [1.54, 1.807) is 24.0 Å². The molecule has 1 saturated carbocycles. The minimum Gasteiger partial charge on any atom is -0.441 e. The second kappa shape index (κ2) is 11.8. The number of amides is 1. The number of aryl methyl sites for hydroxylation is 1. The molecule has 1 aliphatic carbocycles. The van der Waals surface area contributed by atoms with Crippen LogP contribution < -0.4 is 0 Å². The minimum absolute atomic E-state index is 0.152. The van der Waals surface area contributed by atoms with Crippen molar-refractivity contribution in [2.45, 2.75) is 99.8 Å². The molecule has 0 bridgehead atoms. The van der Waals surface area contributed by atoms with E-state index in [0.29, 0.717) is 62.4 Å². The maximum Gasteiger partial charge on any atom is 0.410 e. The van der Waals surface area contributed by atoms with Crippen molar-refractivity contribution < 1.29 is 26.7 Å². The van der Waals surface area contributed by atoms with Crippen molar-refractivity contribution in [3.63, 3.8) is 0 Å². The first-order chi connectivity index (χ1) is 20.2. The van der Waals surface area contributed by atoms with Crippen LogP contribution in [0.4, 0.5) is 13.6 Å². The molecule has 228 valence electrons. The van der Waals surface area contributed by atoms with E-state index in [1.807, 2.05) is 0 Å². The third-order valence-electron chi connectivity index (χ3n) is 9.79. The van der Waals surface area contributed by atoms with E-state index in [9.17, 15) is 22.0 Å². The van der Waals surface area contributed by atoms with Crippen LogP contribution in [0.25, 0.3) is 0 Å². The lowest BCUT2D eigenvalue weighted by Crippen LogP contribution is -2.55. The highest BCUT2D eigenvalue weighted by molar-refractivity contribution is 7.89. The highest BCUT2D eigenvalue weighted by Crippen LogP contribution is 2.52. The Bertz CT molecular complexity index is 1400. The molecule has 0 N–H and O–H groups in total. The number of benzene rings is 2. The van der Waals surface area contributed by atoms with Crippen LogP contribution in [-0.2, 0) is 14.8 Å². The number of carbonyl (C=O) groups is 1. The first-order valence-corrected chi connectivity index (χ1v) is 16.9. The van der Waals surface area contributed by atoms with E-state index in [0.717, 1.165) is 32.0 Å². The van der Waals surface area contributed by atoms with Gasteiger partial charge in [-0.3, -0.25) is 0 Å². The summed E-state index contributed by atoms with van der Waals surface area (Å²) in [6.45, 7) is 5.08. The summed E-state index contributed by atoms with van der Waals surface area (Å²) in [6, 6.07) is 9.12. The number of likely N-dealkylation sites (tertiary alicyclic amines) is 2. The molecule has 0 radical (unpaired) electrons. The van der Waals surface area contributed by atoms with Gasteiger partial charge in [-0.25, -0.2) is 22.0 Å². The molecular weight excluding hydrogens is 560 g/mol. The molecule has 0 spiro atoms. The number of halogens is 2. The molecule has 3 saturated heterocycles. The van der Waals surface area contributed by atoms with Gasteiger partial charge in [0.05, 0.1) is 17.0 Å². The van der Waals surface area contributed by atoms with E-state index in [-0.39, 0.29) is 4.90 Å². The zero-order valence-electron chi connectivity index (χ0n) is 24.3. The highest BCUT2D eigenvalue weighted by atomic mass is 32.2. The molecule has 7 nitrogen and oxygen atoms in total. The van der Waals surface area contributed by atoms with Crippen LogP contribution in [0.15, 0.2) is 47.4 Å². The van der Waals surface area contributed by atoms with E-state index in [4.69, 9.17) is 4.74 Å². The normalized spacial score (nSPS) is 25.7. The lowest BCUT2D eigenvalue weighted by molar-refractivity contribution is -0.0144. The fourth-order valence-electron chi connectivity index (χ4n) is 7.25. The van der Waals surface area contributed by atoms with Gasteiger partial charge < -0.3 is 14.5 Å². The topological polar surface area (TPSA) is 70.2 Å². The molecule has 6 rings (SSSR count). The molecule has 2 aromatic carbocycles. The first-order valence-electron chi connectivity index (χ1n) is 15.5. The van der Waals surface area contributed by atoms with Gasteiger partial charge in [-0.2, -0.15) is 4.31 Å². The van der Waals surface area contributed by atoms with Gasteiger partial charge in [0.25, 0.3) is 0 Å². The van der Waals surface area contributed by atoms with Crippen molar-refractivity contribution in [2.75, 3.05) is 26.2 Å². The Morgan fingerprint density at radius 3 is 2.31 bits per heavy atom. The first kappa shape index (κ1) is 29.5. The number of rotatable bonds is 6. The van der Waals surface area contributed by atoms with E-state index < -0.39 is 45.4 Å². The SMILES string of the molecule is Cc1ccc(S(=O)(=O)N2[C@H](c3cccc(F)c3)CCC[C@@H]2C2(OC(=O)N3CCC(N4CCCCC4)CC3)CC2)cc1F. The minimum atomic E-state index is -4.22. The van der Waals surface area contributed by atoms with Crippen LogP contribution in [0.3, 0.4) is 0 Å². The van der Waals surface area contributed by atoms with Gasteiger partial charge >= 0.3 is 6.09 Å². The fourth-order valence-corrected chi connectivity index (χ4v) is 9.18. The fraction of sp³-hybridized carbons (Fsp3) is 0.594. The van der Waals surface area contributed by atoms with Crippen molar-refractivity contribution >= 4 is 16.1 Å². The summed E-state index contributed by atoms with van der Waals surface area (Å²) in [5, 5.41) is 0. The molecule has 3 heterocycles.